The number of hydrogen-bond acceptors (Lipinski definition) is 3. The topological polar surface area (TPSA) is 61.9 Å². The first-order valence-electron chi connectivity index (χ1n) is 6.93. The third-order valence-electron chi connectivity index (χ3n) is 4.52. The zero-order valence-corrected chi connectivity index (χ0v) is 10.7. The summed E-state index contributed by atoms with van der Waals surface area (Å²) in [6.45, 7) is 0.907. The summed E-state index contributed by atoms with van der Waals surface area (Å²) in [5, 5.41) is 7.81. The predicted molar refractivity (Wildman–Crippen MR) is 70.7 cm³/mol. The highest BCUT2D eigenvalue weighted by atomic mass is 16.2. The van der Waals surface area contributed by atoms with Crippen molar-refractivity contribution in [3.63, 3.8) is 0 Å². The van der Waals surface area contributed by atoms with Crippen LogP contribution in [0.25, 0.3) is 11.0 Å². The van der Waals surface area contributed by atoms with Crippen LogP contribution < -0.4 is 0 Å². The van der Waals surface area contributed by atoms with E-state index in [2.05, 4.69) is 15.2 Å². The maximum absolute atomic E-state index is 12.7. The Morgan fingerprint density at radius 3 is 2.89 bits per heavy atom. The van der Waals surface area contributed by atoms with Crippen molar-refractivity contribution in [2.24, 2.45) is 5.92 Å². The van der Waals surface area contributed by atoms with Crippen LogP contribution in [0.1, 0.15) is 36.2 Å². The fraction of sp³-hybridized carbons (Fsp3) is 0.500. The molecule has 1 amide bonds. The lowest BCUT2D eigenvalue weighted by molar-refractivity contribution is 0.0330. The number of aromatic nitrogens is 3. The maximum atomic E-state index is 12.7. The molecule has 2 aromatic heterocycles. The lowest BCUT2D eigenvalue weighted by Crippen LogP contribution is -2.50. The minimum Gasteiger partial charge on any atom is -0.334 e. The van der Waals surface area contributed by atoms with Gasteiger partial charge in [-0.2, -0.15) is 5.10 Å². The number of hydrogen-bond donors (Lipinski definition) is 1. The van der Waals surface area contributed by atoms with Crippen molar-refractivity contribution in [2.45, 2.75) is 31.7 Å². The van der Waals surface area contributed by atoms with Gasteiger partial charge in [-0.1, -0.05) is 0 Å². The van der Waals surface area contributed by atoms with Crippen molar-refractivity contribution < 1.29 is 4.79 Å². The number of fused-ring (bicyclic) bond motifs is 4. The van der Waals surface area contributed by atoms with E-state index in [1.807, 2.05) is 17.0 Å². The molecule has 2 bridgehead atoms. The zero-order chi connectivity index (χ0) is 12.8. The molecular weight excluding hydrogens is 240 g/mol. The van der Waals surface area contributed by atoms with Gasteiger partial charge in [-0.05, 0) is 43.7 Å². The van der Waals surface area contributed by atoms with Gasteiger partial charge in [0, 0.05) is 18.8 Å². The number of H-pyrrole nitrogens is 1. The minimum atomic E-state index is 0.0879. The van der Waals surface area contributed by atoms with Crippen LogP contribution in [0.3, 0.4) is 0 Å². The van der Waals surface area contributed by atoms with Crippen LogP contribution in [0.2, 0.25) is 0 Å². The minimum absolute atomic E-state index is 0.0879. The lowest BCUT2D eigenvalue weighted by Gasteiger charge is -2.45. The number of carbonyl (C=O) groups excluding carboxylic acids is 1. The van der Waals surface area contributed by atoms with Crippen LogP contribution in [0.5, 0.6) is 0 Å². The van der Waals surface area contributed by atoms with Crippen molar-refractivity contribution in [3.05, 3.63) is 24.0 Å². The average molecular weight is 256 g/mol. The quantitative estimate of drug-likeness (QED) is 0.848. The number of piperidine rings is 2. The summed E-state index contributed by atoms with van der Waals surface area (Å²) in [7, 11) is 0. The van der Waals surface area contributed by atoms with Gasteiger partial charge in [0.25, 0.3) is 5.91 Å². The molecule has 5 rings (SSSR count). The number of aromatic amines is 1. The van der Waals surface area contributed by atoms with Crippen LogP contribution in [0.4, 0.5) is 0 Å². The van der Waals surface area contributed by atoms with E-state index in [0.29, 0.717) is 23.3 Å². The molecule has 19 heavy (non-hydrogen) atoms. The molecule has 4 heterocycles. The number of amides is 1. The molecule has 0 radical (unpaired) electrons. The van der Waals surface area contributed by atoms with Crippen molar-refractivity contribution in [1.29, 1.82) is 0 Å². The summed E-state index contributed by atoms with van der Waals surface area (Å²) < 4.78 is 0. The molecule has 0 atom stereocenters. The third-order valence-corrected chi connectivity index (χ3v) is 4.52. The molecule has 1 N–H and O–H groups in total. The SMILES string of the molecule is O=C(c1[nH]nc2ncccc12)N1CC2CCC1CC2. The largest absolute Gasteiger partial charge is 0.334 e. The molecular formula is C14H16N4O. The van der Waals surface area contributed by atoms with Crippen molar-refractivity contribution in [1.82, 2.24) is 20.1 Å². The molecule has 3 fully saturated rings. The smallest absolute Gasteiger partial charge is 0.272 e. The van der Waals surface area contributed by atoms with Gasteiger partial charge in [0.05, 0.1) is 5.39 Å². The summed E-state index contributed by atoms with van der Waals surface area (Å²) >= 11 is 0. The van der Waals surface area contributed by atoms with Crippen LogP contribution in [0.15, 0.2) is 18.3 Å². The van der Waals surface area contributed by atoms with Gasteiger partial charge < -0.3 is 4.90 Å². The Hall–Kier alpha value is -1.91. The Morgan fingerprint density at radius 1 is 1.32 bits per heavy atom. The number of rotatable bonds is 1. The highest BCUT2D eigenvalue weighted by Crippen LogP contribution is 2.35. The molecule has 2 aliphatic heterocycles. The summed E-state index contributed by atoms with van der Waals surface area (Å²) in [5.41, 5.74) is 1.21. The second-order valence-electron chi connectivity index (χ2n) is 5.61. The third kappa shape index (κ3) is 1.64. The van der Waals surface area contributed by atoms with E-state index in [1.54, 1.807) is 6.20 Å². The van der Waals surface area contributed by atoms with E-state index < -0.39 is 0 Å². The van der Waals surface area contributed by atoms with E-state index in [9.17, 15) is 4.79 Å². The van der Waals surface area contributed by atoms with Gasteiger partial charge in [-0.25, -0.2) is 4.98 Å². The van der Waals surface area contributed by atoms with Crippen LogP contribution >= 0.6 is 0 Å². The second-order valence-corrected chi connectivity index (χ2v) is 5.61. The summed E-state index contributed by atoms with van der Waals surface area (Å²) in [6, 6.07) is 4.17. The number of carbonyl (C=O) groups is 1. The number of nitrogens with one attached hydrogen (secondary N) is 1. The average Bonchev–Trinajstić information content (AvgIpc) is 2.91. The van der Waals surface area contributed by atoms with E-state index >= 15 is 0 Å². The van der Waals surface area contributed by atoms with Gasteiger partial charge in [0.1, 0.15) is 5.69 Å². The van der Waals surface area contributed by atoms with Gasteiger partial charge in [0.15, 0.2) is 5.65 Å². The molecule has 1 saturated carbocycles. The Kier molecular flexibility index (Phi) is 2.33. The number of pyridine rings is 1. The van der Waals surface area contributed by atoms with E-state index in [4.69, 9.17) is 0 Å². The van der Waals surface area contributed by atoms with Gasteiger partial charge in [0.2, 0.25) is 0 Å². The molecule has 2 aromatic rings. The van der Waals surface area contributed by atoms with Crippen LogP contribution in [-0.4, -0.2) is 38.6 Å². The molecule has 5 heteroatoms. The normalized spacial score (nSPS) is 26.0. The first kappa shape index (κ1) is 11.0. The number of nitrogens with zero attached hydrogens (tertiary/aromatic N) is 3. The Labute approximate surface area is 111 Å². The van der Waals surface area contributed by atoms with Crippen molar-refractivity contribution in [2.75, 3.05) is 6.54 Å². The first-order valence-corrected chi connectivity index (χ1v) is 6.93. The van der Waals surface area contributed by atoms with Crippen molar-refractivity contribution >= 4 is 16.9 Å². The van der Waals surface area contributed by atoms with E-state index in [1.165, 1.54) is 12.8 Å². The maximum Gasteiger partial charge on any atom is 0.272 e. The van der Waals surface area contributed by atoms with Crippen LogP contribution in [0, 0.1) is 5.92 Å². The first-order chi connectivity index (χ1) is 9.33. The monoisotopic (exact) mass is 256 g/mol. The van der Waals surface area contributed by atoms with Gasteiger partial charge in [-0.3, -0.25) is 9.89 Å². The molecule has 1 aliphatic carbocycles. The fourth-order valence-corrected chi connectivity index (χ4v) is 3.47. The highest BCUT2D eigenvalue weighted by Gasteiger charge is 2.37. The Morgan fingerprint density at radius 2 is 2.16 bits per heavy atom. The molecule has 98 valence electrons. The highest BCUT2D eigenvalue weighted by molar-refractivity contribution is 6.03. The molecule has 0 spiro atoms. The molecule has 0 aromatic carbocycles. The van der Waals surface area contributed by atoms with E-state index in [-0.39, 0.29) is 5.91 Å². The molecule has 5 nitrogen and oxygen atoms in total. The van der Waals surface area contributed by atoms with Crippen molar-refractivity contribution in [3.8, 4) is 0 Å². The van der Waals surface area contributed by atoms with Gasteiger partial charge in [-0.15, -0.1) is 0 Å². The molecule has 0 unspecified atom stereocenters. The lowest BCUT2D eigenvalue weighted by atomic mass is 9.80. The Balaban J connectivity index is 1.70. The predicted octanol–water partition coefficient (Wildman–Crippen LogP) is 1.97. The summed E-state index contributed by atoms with van der Waals surface area (Å²) in [6.07, 6.45) is 6.56. The second kappa shape index (κ2) is 4.05. The molecule has 3 aliphatic rings. The molecule has 2 saturated heterocycles. The summed E-state index contributed by atoms with van der Waals surface area (Å²) in [5.74, 6) is 0.783. The zero-order valence-electron chi connectivity index (χ0n) is 10.7. The summed E-state index contributed by atoms with van der Waals surface area (Å²) in [4.78, 5) is 18.9. The Bertz CT molecular complexity index is 627. The van der Waals surface area contributed by atoms with E-state index in [0.717, 1.165) is 24.8 Å². The van der Waals surface area contributed by atoms with Crippen LogP contribution in [-0.2, 0) is 0 Å². The van der Waals surface area contributed by atoms with Gasteiger partial charge >= 0.3 is 0 Å². The fourth-order valence-electron chi connectivity index (χ4n) is 3.47. The standard InChI is InChI=1S/C14H16N4O/c19-14(18-8-9-3-5-10(18)6-4-9)12-11-2-1-7-15-13(11)17-16-12/h1-2,7,9-10H,3-6,8H2,(H,15,16,17).